The molecule has 1 N–H and O–H groups in total. The molecule has 0 unspecified atom stereocenters. The summed E-state index contributed by atoms with van der Waals surface area (Å²) >= 11 is 0. The highest BCUT2D eigenvalue weighted by molar-refractivity contribution is 5.97. The van der Waals surface area contributed by atoms with E-state index in [-0.39, 0.29) is 18.4 Å². The van der Waals surface area contributed by atoms with Crippen molar-refractivity contribution < 1.29 is 9.59 Å². The van der Waals surface area contributed by atoms with Crippen LogP contribution >= 0.6 is 0 Å². The first-order valence-corrected chi connectivity index (χ1v) is 5.63. The molecule has 1 fully saturated rings. The van der Waals surface area contributed by atoms with E-state index in [1.165, 1.54) is 0 Å². The number of hydrogen-bond donors (Lipinski definition) is 1. The van der Waals surface area contributed by atoms with Gasteiger partial charge in [-0.1, -0.05) is 13.8 Å². The Morgan fingerprint density at radius 3 is 2.56 bits per heavy atom. The Kier molecular flexibility index (Phi) is 3.94. The van der Waals surface area contributed by atoms with E-state index in [0.717, 1.165) is 0 Å². The van der Waals surface area contributed by atoms with Gasteiger partial charge in [0.2, 0.25) is 11.8 Å². The fourth-order valence-corrected chi connectivity index (χ4v) is 2.02. The van der Waals surface area contributed by atoms with E-state index >= 15 is 0 Å². The molecule has 0 aromatic heterocycles. The molecule has 1 saturated heterocycles. The molecule has 1 aliphatic rings. The molecule has 88 valence electrons. The number of rotatable bonds is 4. The smallest absolute Gasteiger partial charge is 0.248 e. The van der Waals surface area contributed by atoms with Gasteiger partial charge in [-0.3, -0.25) is 9.59 Å². The van der Waals surface area contributed by atoms with Crippen molar-refractivity contribution in [1.29, 1.82) is 0 Å². The lowest BCUT2D eigenvalue weighted by molar-refractivity contribution is -0.150. The highest BCUT2D eigenvalue weighted by atomic mass is 16.2. The number of nitrogens with one attached hydrogen (secondary N) is 1. The van der Waals surface area contributed by atoms with Crippen molar-refractivity contribution in [3.63, 3.8) is 0 Å². The Hall–Kier alpha value is -1.50. The van der Waals surface area contributed by atoms with Crippen LogP contribution in [0.3, 0.4) is 0 Å². The molecule has 0 aromatic carbocycles. The van der Waals surface area contributed by atoms with E-state index in [1.54, 1.807) is 4.90 Å². The number of terminal acetylenes is 1. The molecule has 4 nitrogen and oxygen atoms in total. The maximum absolute atomic E-state index is 12.2. The van der Waals surface area contributed by atoms with Gasteiger partial charge in [-0.25, -0.2) is 0 Å². The predicted octanol–water partition coefficient (Wildman–Crippen LogP) is 0.527. The summed E-state index contributed by atoms with van der Waals surface area (Å²) in [4.78, 5) is 25.3. The fraction of sp³-hybridized carbons (Fsp3) is 0.667. The molecular formula is C12H18N2O2. The number of hydrogen-bond acceptors (Lipinski definition) is 2. The third-order valence-corrected chi connectivity index (χ3v) is 3.14. The van der Waals surface area contributed by atoms with Gasteiger partial charge in [-0.2, -0.15) is 0 Å². The Balaban J connectivity index is 2.85. The van der Waals surface area contributed by atoms with E-state index < -0.39 is 5.54 Å². The lowest BCUT2D eigenvalue weighted by Gasteiger charge is -2.41. The predicted molar refractivity (Wildman–Crippen MR) is 61.5 cm³/mol. The molecule has 1 aliphatic heterocycles. The largest absolute Gasteiger partial charge is 0.340 e. The highest BCUT2D eigenvalue weighted by Crippen LogP contribution is 2.22. The SMILES string of the molecule is C#CCCN1CC(=O)NC(CC)(CC)C1=O. The molecule has 4 heteroatoms. The number of carbonyl (C=O) groups excluding carboxylic acids is 2. The second kappa shape index (κ2) is 5.02. The van der Waals surface area contributed by atoms with Gasteiger partial charge in [-0.05, 0) is 12.8 Å². The van der Waals surface area contributed by atoms with E-state index in [0.29, 0.717) is 25.8 Å². The fourth-order valence-electron chi connectivity index (χ4n) is 2.02. The molecule has 0 aliphatic carbocycles. The number of nitrogens with zero attached hydrogens (tertiary/aromatic N) is 1. The van der Waals surface area contributed by atoms with Gasteiger partial charge >= 0.3 is 0 Å². The summed E-state index contributed by atoms with van der Waals surface area (Å²) in [6.07, 6.45) is 6.88. The Morgan fingerprint density at radius 1 is 1.44 bits per heavy atom. The van der Waals surface area contributed by atoms with Crippen LogP contribution in [0.2, 0.25) is 0 Å². The van der Waals surface area contributed by atoms with Gasteiger partial charge in [-0.15, -0.1) is 12.3 Å². The number of carbonyl (C=O) groups is 2. The van der Waals surface area contributed by atoms with Crippen molar-refractivity contribution in [2.75, 3.05) is 13.1 Å². The van der Waals surface area contributed by atoms with Crippen molar-refractivity contribution in [3.05, 3.63) is 0 Å². The lowest BCUT2D eigenvalue weighted by Crippen LogP contribution is -2.66. The van der Waals surface area contributed by atoms with Gasteiger partial charge < -0.3 is 10.2 Å². The maximum atomic E-state index is 12.2. The second-order valence-corrected chi connectivity index (χ2v) is 4.02. The van der Waals surface area contributed by atoms with Crippen molar-refractivity contribution in [2.45, 2.75) is 38.6 Å². The third kappa shape index (κ3) is 2.19. The first kappa shape index (κ1) is 12.6. The maximum Gasteiger partial charge on any atom is 0.248 e. The first-order chi connectivity index (χ1) is 7.59. The quantitative estimate of drug-likeness (QED) is 0.705. The molecule has 0 spiro atoms. The lowest BCUT2D eigenvalue weighted by atomic mass is 9.89. The molecule has 1 heterocycles. The van der Waals surface area contributed by atoms with Gasteiger partial charge in [0.1, 0.15) is 5.54 Å². The molecule has 0 radical (unpaired) electrons. The summed E-state index contributed by atoms with van der Waals surface area (Å²) in [5.74, 6) is 2.38. The number of amides is 2. The third-order valence-electron chi connectivity index (χ3n) is 3.14. The van der Waals surface area contributed by atoms with Crippen LogP contribution in [0.25, 0.3) is 0 Å². The van der Waals surface area contributed by atoms with Crippen LogP contribution in [-0.2, 0) is 9.59 Å². The molecule has 0 atom stereocenters. The van der Waals surface area contributed by atoms with Gasteiger partial charge in [0.25, 0.3) is 0 Å². The first-order valence-electron chi connectivity index (χ1n) is 5.63. The summed E-state index contributed by atoms with van der Waals surface area (Å²) in [7, 11) is 0. The minimum atomic E-state index is -0.718. The minimum absolute atomic E-state index is 0.00708. The number of piperazine rings is 1. The summed E-state index contributed by atoms with van der Waals surface area (Å²) in [6, 6.07) is 0. The van der Waals surface area contributed by atoms with E-state index in [9.17, 15) is 9.59 Å². The van der Waals surface area contributed by atoms with Gasteiger partial charge in [0.15, 0.2) is 0 Å². The molecule has 0 aromatic rings. The Morgan fingerprint density at radius 2 is 2.06 bits per heavy atom. The van der Waals surface area contributed by atoms with Crippen molar-refractivity contribution >= 4 is 11.8 Å². The van der Waals surface area contributed by atoms with E-state index in [4.69, 9.17) is 6.42 Å². The Bertz CT molecular complexity index is 326. The van der Waals surface area contributed by atoms with Crippen LogP contribution in [0, 0.1) is 12.3 Å². The average Bonchev–Trinajstić information content (AvgIpc) is 2.30. The summed E-state index contributed by atoms with van der Waals surface area (Å²) in [5.41, 5.74) is -0.718. The van der Waals surface area contributed by atoms with Gasteiger partial charge in [0.05, 0.1) is 6.54 Å². The van der Waals surface area contributed by atoms with Crippen LogP contribution in [0.1, 0.15) is 33.1 Å². The molecule has 2 amide bonds. The van der Waals surface area contributed by atoms with Crippen LogP contribution in [0.5, 0.6) is 0 Å². The standard InChI is InChI=1S/C12H18N2O2/c1-4-7-8-14-9-10(15)13-12(5-2,6-3)11(14)16/h1H,5-9H2,2-3H3,(H,13,15). The molecule has 16 heavy (non-hydrogen) atoms. The van der Waals surface area contributed by atoms with Crippen LogP contribution in [0.4, 0.5) is 0 Å². The highest BCUT2D eigenvalue weighted by Gasteiger charge is 2.43. The van der Waals surface area contributed by atoms with Gasteiger partial charge in [0, 0.05) is 13.0 Å². The summed E-state index contributed by atoms with van der Waals surface area (Å²) in [5, 5.41) is 2.80. The zero-order valence-corrected chi connectivity index (χ0v) is 9.88. The molecular weight excluding hydrogens is 204 g/mol. The molecule has 0 bridgehead atoms. The minimum Gasteiger partial charge on any atom is -0.340 e. The Labute approximate surface area is 96.4 Å². The normalized spacial score (nSPS) is 19.2. The van der Waals surface area contributed by atoms with Crippen molar-refractivity contribution in [2.24, 2.45) is 0 Å². The molecule has 0 saturated carbocycles. The van der Waals surface area contributed by atoms with Crippen molar-refractivity contribution in [1.82, 2.24) is 10.2 Å². The topological polar surface area (TPSA) is 49.4 Å². The summed E-state index contributed by atoms with van der Waals surface area (Å²) in [6.45, 7) is 4.41. The van der Waals surface area contributed by atoms with Crippen LogP contribution in [-0.4, -0.2) is 35.3 Å². The molecule has 1 rings (SSSR count). The van der Waals surface area contributed by atoms with Crippen molar-refractivity contribution in [3.8, 4) is 12.3 Å². The zero-order valence-electron chi connectivity index (χ0n) is 9.88. The monoisotopic (exact) mass is 222 g/mol. The van der Waals surface area contributed by atoms with E-state index in [1.807, 2.05) is 13.8 Å². The second-order valence-electron chi connectivity index (χ2n) is 4.02. The summed E-state index contributed by atoms with van der Waals surface area (Å²) < 4.78 is 0. The average molecular weight is 222 g/mol. The van der Waals surface area contributed by atoms with Crippen LogP contribution < -0.4 is 5.32 Å². The van der Waals surface area contributed by atoms with Crippen LogP contribution in [0.15, 0.2) is 0 Å². The van der Waals surface area contributed by atoms with E-state index in [2.05, 4.69) is 11.2 Å². The zero-order chi connectivity index (χ0) is 12.2.